The summed E-state index contributed by atoms with van der Waals surface area (Å²) in [5.41, 5.74) is -2.02. The molecule has 0 spiro atoms. The van der Waals surface area contributed by atoms with Gasteiger partial charge in [-0.05, 0) is 31.5 Å². The summed E-state index contributed by atoms with van der Waals surface area (Å²) < 4.78 is 43.3. The van der Waals surface area contributed by atoms with Crippen LogP contribution in [0.5, 0.6) is 5.75 Å². The van der Waals surface area contributed by atoms with Crippen LogP contribution >= 0.6 is 0 Å². The minimum absolute atomic E-state index is 0.0671. The number of alkyl halides is 3. The van der Waals surface area contributed by atoms with Crippen LogP contribution in [-0.2, 0) is 4.79 Å². The number of aryl methyl sites for hydroxylation is 1. The first kappa shape index (κ1) is 16.3. The summed E-state index contributed by atoms with van der Waals surface area (Å²) in [6, 6.07) is 7.03. The smallest absolute Gasteiger partial charge is 0.417 e. The topological polar surface area (TPSA) is 58.6 Å². The molecule has 0 heterocycles. The zero-order valence-corrected chi connectivity index (χ0v) is 11.1. The van der Waals surface area contributed by atoms with Gasteiger partial charge in [0.15, 0.2) is 0 Å². The fraction of sp³-hybridized carbons (Fsp3) is 0.462. The molecule has 0 fully saturated rings. The van der Waals surface area contributed by atoms with E-state index in [9.17, 15) is 18.0 Å². The highest BCUT2D eigenvalue weighted by Crippen LogP contribution is 2.30. The first-order valence-electron chi connectivity index (χ1n) is 5.91. The van der Waals surface area contributed by atoms with E-state index in [1.807, 2.05) is 18.3 Å². The molecule has 1 unspecified atom stereocenters. The number of carbonyl (C=O) groups is 1. The van der Waals surface area contributed by atoms with Gasteiger partial charge in [-0.1, -0.05) is 12.1 Å². The van der Waals surface area contributed by atoms with Gasteiger partial charge in [-0.15, -0.1) is 0 Å². The molecule has 2 N–H and O–H groups in total. The highest BCUT2D eigenvalue weighted by molar-refractivity contribution is 5.79. The van der Waals surface area contributed by atoms with Gasteiger partial charge in [-0.2, -0.15) is 13.2 Å². The highest BCUT2D eigenvalue weighted by Gasteiger charge is 2.57. The number of aliphatic carboxylic acids is 1. The molecule has 7 heteroatoms. The zero-order valence-electron chi connectivity index (χ0n) is 11.1. The minimum atomic E-state index is -4.89. The van der Waals surface area contributed by atoms with Gasteiger partial charge in [0, 0.05) is 6.54 Å². The van der Waals surface area contributed by atoms with Crippen LogP contribution in [-0.4, -0.2) is 35.9 Å². The number of nitrogens with one attached hydrogen (secondary N) is 1. The first-order valence-corrected chi connectivity index (χ1v) is 5.91. The van der Waals surface area contributed by atoms with Crippen LogP contribution in [0.1, 0.15) is 12.5 Å². The van der Waals surface area contributed by atoms with Crippen LogP contribution in [0.3, 0.4) is 0 Å². The third-order valence-corrected chi connectivity index (χ3v) is 2.83. The first-order chi connectivity index (χ1) is 9.17. The summed E-state index contributed by atoms with van der Waals surface area (Å²) >= 11 is 0. The molecule has 1 aromatic carbocycles. The molecule has 0 radical (unpaired) electrons. The predicted octanol–water partition coefficient (Wildman–Crippen LogP) is 2.37. The molecule has 0 bridgehead atoms. The molecular weight excluding hydrogens is 275 g/mol. The third-order valence-electron chi connectivity index (χ3n) is 2.83. The second kappa shape index (κ2) is 6.13. The number of ether oxygens (including phenoxy) is 1. The van der Waals surface area contributed by atoms with E-state index in [2.05, 4.69) is 0 Å². The minimum Gasteiger partial charge on any atom is -0.492 e. The molecule has 20 heavy (non-hydrogen) atoms. The summed E-state index contributed by atoms with van der Waals surface area (Å²) in [5.74, 6) is -1.45. The molecule has 1 aromatic rings. The SMILES string of the molecule is Cc1cccc(OCCNC(C)(C(=O)O)C(F)(F)F)c1. The highest BCUT2D eigenvalue weighted by atomic mass is 19.4. The molecule has 0 aromatic heterocycles. The largest absolute Gasteiger partial charge is 0.492 e. The lowest BCUT2D eigenvalue weighted by Crippen LogP contribution is -2.60. The Morgan fingerprint density at radius 1 is 1.40 bits per heavy atom. The molecule has 0 saturated heterocycles. The molecule has 0 amide bonds. The summed E-state index contributed by atoms with van der Waals surface area (Å²) in [6.45, 7) is 2.14. The van der Waals surface area contributed by atoms with Crippen molar-refractivity contribution in [2.45, 2.75) is 25.6 Å². The van der Waals surface area contributed by atoms with Gasteiger partial charge < -0.3 is 9.84 Å². The van der Waals surface area contributed by atoms with E-state index in [0.717, 1.165) is 5.56 Å². The Bertz CT molecular complexity index is 476. The van der Waals surface area contributed by atoms with Crippen molar-refractivity contribution in [1.82, 2.24) is 5.32 Å². The summed E-state index contributed by atoms with van der Waals surface area (Å²) in [6.07, 6.45) is -4.89. The summed E-state index contributed by atoms with van der Waals surface area (Å²) in [4.78, 5) is 10.8. The van der Waals surface area contributed by atoms with Crippen LogP contribution in [0.2, 0.25) is 0 Å². The Hall–Kier alpha value is -1.76. The Morgan fingerprint density at radius 2 is 2.05 bits per heavy atom. The lowest BCUT2D eigenvalue weighted by molar-refractivity contribution is -0.206. The molecular formula is C13H16F3NO3. The zero-order chi connectivity index (χ0) is 15.4. The second-order valence-corrected chi connectivity index (χ2v) is 4.52. The second-order valence-electron chi connectivity index (χ2n) is 4.52. The van der Waals surface area contributed by atoms with E-state index in [4.69, 9.17) is 9.84 Å². The molecule has 0 aliphatic rings. The van der Waals surface area contributed by atoms with Gasteiger partial charge in [0.05, 0.1) is 0 Å². The normalized spacial score (nSPS) is 14.7. The van der Waals surface area contributed by atoms with Crippen LogP contribution in [0.4, 0.5) is 13.2 Å². The number of hydrogen-bond donors (Lipinski definition) is 2. The summed E-state index contributed by atoms with van der Waals surface area (Å²) in [7, 11) is 0. The third kappa shape index (κ3) is 3.86. The van der Waals surface area contributed by atoms with Gasteiger partial charge >= 0.3 is 12.1 Å². The van der Waals surface area contributed by atoms with Gasteiger partial charge in [0.2, 0.25) is 5.54 Å². The summed E-state index contributed by atoms with van der Waals surface area (Å²) in [5, 5.41) is 10.7. The van der Waals surface area contributed by atoms with Crippen LogP contribution in [0.25, 0.3) is 0 Å². The molecule has 0 aliphatic heterocycles. The standard InChI is InChI=1S/C13H16F3NO3/c1-9-4-3-5-10(8-9)20-7-6-17-12(2,11(18)19)13(14,15)16/h3-5,8,17H,6-7H2,1-2H3,(H,18,19). The average molecular weight is 291 g/mol. The van der Waals surface area contributed by atoms with E-state index >= 15 is 0 Å². The van der Waals surface area contributed by atoms with Gasteiger partial charge in [-0.25, -0.2) is 4.79 Å². The number of benzene rings is 1. The maximum atomic E-state index is 12.7. The van der Waals surface area contributed by atoms with Crippen LogP contribution < -0.4 is 10.1 Å². The number of carboxylic acid groups (broad SMARTS) is 1. The fourth-order valence-corrected chi connectivity index (χ4v) is 1.47. The van der Waals surface area contributed by atoms with Crippen LogP contribution in [0, 0.1) is 6.92 Å². The quantitative estimate of drug-likeness (QED) is 0.790. The molecule has 1 rings (SSSR count). The maximum Gasteiger partial charge on any atom is 0.417 e. The van der Waals surface area contributed by atoms with E-state index in [1.54, 1.807) is 18.2 Å². The van der Waals surface area contributed by atoms with Crippen molar-refractivity contribution in [1.29, 1.82) is 0 Å². The van der Waals surface area contributed by atoms with Crippen molar-refractivity contribution in [2.24, 2.45) is 0 Å². The van der Waals surface area contributed by atoms with E-state index < -0.39 is 17.7 Å². The van der Waals surface area contributed by atoms with Gasteiger partial charge in [-0.3, -0.25) is 5.32 Å². The van der Waals surface area contributed by atoms with E-state index in [-0.39, 0.29) is 13.2 Å². The molecule has 0 aliphatic carbocycles. The van der Waals surface area contributed by atoms with Gasteiger partial charge in [0.25, 0.3) is 0 Å². The molecule has 4 nitrogen and oxygen atoms in total. The number of rotatable bonds is 6. The van der Waals surface area contributed by atoms with Gasteiger partial charge in [0.1, 0.15) is 12.4 Å². The predicted molar refractivity (Wildman–Crippen MR) is 66.8 cm³/mol. The number of halogens is 3. The van der Waals surface area contributed by atoms with Crippen LogP contribution in [0.15, 0.2) is 24.3 Å². The van der Waals surface area contributed by atoms with Crippen molar-refractivity contribution in [3.8, 4) is 5.75 Å². The Morgan fingerprint density at radius 3 is 2.55 bits per heavy atom. The molecule has 0 saturated carbocycles. The van der Waals surface area contributed by atoms with Crippen molar-refractivity contribution in [3.05, 3.63) is 29.8 Å². The molecule has 1 atom stereocenters. The lowest BCUT2D eigenvalue weighted by atomic mass is 10.0. The van der Waals surface area contributed by atoms with Crippen molar-refractivity contribution >= 4 is 5.97 Å². The average Bonchev–Trinajstić information content (AvgIpc) is 2.32. The van der Waals surface area contributed by atoms with Crippen molar-refractivity contribution in [2.75, 3.05) is 13.2 Å². The van der Waals surface area contributed by atoms with Crippen molar-refractivity contribution < 1.29 is 27.8 Å². The Kier molecular flexibility index (Phi) is 4.99. The molecule has 112 valence electrons. The maximum absolute atomic E-state index is 12.7. The monoisotopic (exact) mass is 291 g/mol. The van der Waals surface area contributed by atoms with E-state index in [0.29, 0.717) is 12.7 Å². The number of hydrogen-bond acceptors (Lipinski definition) is 3. The van der Waals surface area contributed by atoms with E-state index in [1.165, 1.54) is 0 Å². The number of carboxylic acids is 1. The Labute approximate surface area is 114 Å². The van der Waals surface area contributed by atoms with Crippen molar-refractivity contribution in [3.63, 3.8) is 0 Å². The fourth-order valence-electron chi connectivity index (χ4n) is 1.47. The lowest BCUT2D eigenvalue weighted by Gasteiger charge is -2.28. The Balaban J connectivity index is 2.52.